The normalized spacial score (nSPS) is 12.0. The smallest absolute Gasteiger partial charge is 0.266 e. The molecule has 1 unspecified atom stereocenters. The molecule has 4 rings (SSSR count). The van der Waals surface area contributed by atoms with E-state index in [1.54, 1.807) is 6.07 Å². The lowest BCUT2D eigenvalue weighted by molar-refractivity contribution is 0.0916. The number of carbonyl (C=O) groups is 1. The quantitative estimate of drug-likeness (QED) is 0.403. The Morgan fingerprint density at radius 2 is 1.88 bits per heavy atom. The van der Waals surface area contributed by atoms with Gasteiger partial charge >= 0.3 is 0 Å². The summed E-state index contributed by atoms with van der Waals surface area (Å²) in [7, 11) is 0. The second-order valence-corrected chi connectivity index (χ2v) is 7.81. The molecule has 0 spiro atoms. The summed E-state index contributed by atoms with van der Waals surface area (Å²) >= 11 is 5.27. The zero-order valence-electron chi connectivity index (χ0n) is 17.1. The summed E-state index contributed by atoms with van der Waals surface area (Å²) < 4.78 is 15.3. The van der Waals surface area contributed by atoms with Crippen molar-refractivity contribution in [1.29, 1.82) is 0 Å². The van der Waals surface area contributed by atoms with E-state index in [9.17, 15) is 19.1 Å². The van der Waals surface area contributed by atoms with Crippen molar-refractivity contribution >= 4 is 29.0 Å². The van der Waals surface area contributed by atoms with Crippen LogP contribution in [0.2, 0.25) is 0 Å². The van der Waals surface area contributed by atoms with Crippen molar-refractivity contribution in [3.63, 3.8) is 0 Å². The van der Waals surface area contributed by atoms with Crippen LogP contribution >= 0.6 is 12.2 Å². The van der Waals surface area contributed by atoms with E-state index in [0.717, 1.165) is 10.1 Å². The summed E-state index contributed by atoms with van der Waals surface area (Å²) in [6, 6.07) is 17.7. The molecule has 1 heterocycles. The molecule has 1 amide bonds. The van der Waals surface area contributed by atoms with Crippen LogP contribution in [0.4, 0.5) is 4.39 Å². The number of aromatic nitrogens is 2. The van der Waals surface area contributed by atoms with E-state index in [0.29, 0.717) is 16.6 Å². The summed E-state index contributed by atoms with van der Waals surface area (Å²) in [6.45, 7) is 1.98. The van der Waals surface area contributed by atoms with Crippen molar-refractivity contribution in [3.05, 3.63) is 104 Å². The van der Waals surface area contributed by atoms with Gasteiger partial charge in [0.05, 0.1) is 22.7 Å². The van der Waals surface area contributed by atoms with Gasteiger partial charge in [0, 0.05) is 12.1 Å². The first-order valence-corrected chi connectivity index (χ1v) is 10.3. The highest BCUT2D eigenvalue weighted by Crippen LogP contribution is 2.16. The zero-order valence-corrected chi connectivity index (χ0v) is 17.9. The lowest BCUT2D eigenvalue weighted by atomic mass is 10.1. The molecule has 32 heavy (non-hydrogen) atoms. The molecule has 3 aromatic carbocycles. The number of carbonyl (C=O) groups excluding carboxylic acids is 1. The summed E-state index contributed by atoms with van der Waals surface area (Å²) in [4.78, 5) is 28.4. The van der Waals surface area contributed by atoms with Crippen LogP contribution in [0, 0.1) is 17.5 Å². The number of aliphatic hydroxyl groups is 1. The number of nitrogens with one attached hydrogen (secondary N) is 2. The third-order valence-corrected chi connectivity index (χ3v) is 5.46. The molecule has 1 atom stereocenters. The average Bonchev–Trinajstić information content (AvgIpc) is 2.78. The Kier molecular flexibility index (Phi) is 5.98. The number of halogens is 1. The van der Waals surface area contributed by atoms with Gasteiger partial charge < -0.3 is 15.4 Å². The summed E-state index contributed by atoms with van der Waals surface area (Å²) in [5.41, 5.74) is 1.99. The van der Waals surface area contributed by atoms with Gasteiger partial charge in [0.15, 0.2) is 4.77 Å². The van der Waals surface area contributed by atoms with Crippen molar-refractivity contribution in [2.24, 2.45) is 0 Å². The Hall–Kier alpha value is -3.62. The predicted molar refractivity (Wildman–Crippen MR) is 123 cm³/mol. The molecule has 3 N–H and O–H groups in total. The minimum Gasteiger partial charge on any atom is -0.387 e. The molecule has 0 radical (unpaired) electrons. The Morgan fingerprint density at radius 3 is 2.59 bits per heavy atom. The number of nitrogens with zero attached hydrogens (tertiary/aromatic N) is 1. The Labute approximate surface area is 188 Å². The number of rotatable bonds is 5. The molecule has 0 aliphatic carbocycles. The van der Waals surface area contributed by atoms with Crippen LogP contribution in [-0.4, -0.2) is 27.1 Å². The van der Waals surface area contributed by atoms with E-state index in [2.05, 4.69) is 10.3 Å². The number of hydrogen-bond acceptors (Lipinski definition) is 4. The zero-order chi connectivity index (χ0) is 22.8. The van der Waals surface area contributed by atoms with Gasteiger partial charge in [-0.3, -0.25) is 9.59 Å². The molecule has 0 fully saturated rings. The summed E-state index contributed by atoms with van der Waals surface area (Å²) in [5.74, 6) is -0.979. The molecule has 0 saturated carbocycles. The summed E-state index contributed by atoms with van der Waals surface area (Å²) in [6.07, 6.45) is -0.848. The van der Waals surface area contributed by atoms with E-state index in [4.69, 9.17) is 12.2 Å². The van der Waals surface area contributed by atoms with Crippen LogP contribution in [0.1, 0.15) is 27.6 Å². The van der Waals surface area contributed by atoms with E-state index < -0.39 is 23.4 Å². The Bertz CT molecular complexity index is 1430. The molecule has 0 bridgehead atoms. The Morgan fingerprint density at radius 1 is 1.16 bits per heavy atom. The fraction of sp³-hybridized carbons (Fsp3) is 0.125. The van der Waals surface area contributed by atoms with Gasteiger partial charge in [0.25, 0.3) is 11.5 Å². The van der Waals surface area contributed by atoms with Gasteiger partial charge in [-0.05, 0) is 55.0 Å². The van der Waals surface area contributed by atoms with Crippen LogP contribution < -0.4 is 10.9 Å². The molecular formula is C24H20FN3O3S. The maximum absolute atomic E-state index is 14.2. The maximum Gasteiger partial charge on any atom is 0.266 e. The number of benzene rings is 3. The van der Waals surface area contributed by atoms with Crippen molar-refractivity contribution in [1.82, 2.24) is 14.9 Å². The van der Waals surface area contributed by atoms with Crippen molar-refractivity contribution < 1.29 is 14.3 Å². The third kappa shape index (κ3) is 4.23. The first-order valence-electron chi connectivity index (χ1n) is 9.92. The number of aliphatic hydroxyl groups excluding tert-OH is 1. The van der Waals surface area contributed by atoms with Gasteiger partial charge in [-0.2, -0.15) is 0 Å². The largest absolute Gasteiger partial charge is 0.387 e. The lowest BCUT2D eigenvalue weighted by Crippen LogP contribution is -2.28. The molecule has 0 aliphatic heterocycles. The number of para-hydroxylation sites is 1. The van der Waals surface area contributed by atoms with Gasteiger partial charge in [0.2, 0.25) is 0 Å². The Balaban J connectivity index is 1.60. The topological polar surface area (TPSA) is 87.1 Å². The fourth-order valence-corrected chi connectivity index (χ4v) is 3.70. The molecule has 0 saturated heterocycles. The molecule has 162 valence electrons. The number of H-pyrrole nitrogens is 1. The van der Waals surface area contributed by atoms with Crippen LogP contribution in [0.3, 0.4) is 0 Å². The van der Waals surface area contributed by atoms with E-state index in [-0.39, 0.29) is 22.4 Å². The first kappa shape index (κ1) is 21.6. The van der Waals surface area contributed by atoms with Crippen molar-refractivity contribution in [2.45, 2.75) is 13.0 Å². The molecule has 6 nitrogen and oxygen atoms in total. The number of fused-ring (bicyclic) bond motifs is 1. The minimum atomic E-state index is -0.848. The molecule has 8 heteroatoms. The van der Waals surface area contributed by atoms with E-state index in [1.165, 1.54) is 36.4 Å². The van der Waals surface area contributed by atoms with Crippen molar-refractivity contribution in [2.75, 3.05) is 6.54 Å². The number of aryl methyl sites for hydroxylation is 1. The highest BCUT2D eigenvalue weighted by atomic mass is 32.1. The lowest BCUT2D eigenvalue weighted by Gasteiger charge is -2.13. The van der Waals surface area contributed by atoms with Crippen LogP contribution in [-0.2, 0) is 0 Å². The highest BCUT2D eigenvalue weighted by molar-refractivity contribution is 7.71. The number of hydrogen-bond donors (Lipinski definition) is 3. The van der Waals surface area contributed by atoms with E-state index in [1.807, 2.05) is 31.2 Å². The highest BCUT2D eigenvalue weighted by Gasteiger charge is 2.14. The average molecular weight is 450 g/mol. The van der Waals surface area contributed by atoms with Gasteiger partial charge in [-0.25, -0.2) is 8.96 Å². The molecule has 1 aromatic heterocycles. The third-order valence-electron chi connectivity index (χ3n) is 5.17. The predicted octanol–water partition coefficient (Wildman–Crippen LogP) is 3.96. The van der Waals surface area contributed by atoms with Crippen molar-refractivity contribution in [3.8, 4) is 5.69 Å². The van der Waals surface area contributed by atoms with Crippen LogP contribution in [0.25, 0.3) is 16.6 Å². The second kappa shape index (κ2) is 8.86. The van der Waals surface area contributed by atoms with Crippen LogP contribution in [0.15, 0.2) is 71.5 Å². The monoisotopic (exact) mass is 449 g/mol. The standard InChI is InChI=1S/C24H20FN3O3S/c1-14-6-8-15(9-7-14)21(29)13-26-22(30)16-10-11-17-19(12-16)27-24(32)28(23(17)31)20-5-3-2-4-18(20)25/h2-12,21,29H,13H2,1H3,(H,26,30)(H,27,32). The van der Waals surface area contributed by atoms with Gasteiger partial charge in [-0.15, -0.1) is 0 Å². The SMILES string of the molecule is Cc1ccc(C(O)CNC(=O)c2ccc3c(=O)n(-c4ccccc4F)c(=S)[nH]c3c2)cc1. The number of amides is 1. The minimum absolute atomic E-state index is 0.0138. The number of aromatic amines is 1. The second-order valence-electron chi connectivity index (χ2n) is 7.42. The molecule has 0 aliphatic rings. The fourth-order valence-electron chi connectivity index (χ4n) is 3.41. The maximum atomic E-state index is 14.2. The van der Waals surface area contributed by atoms with E-state index >= 15 is 0 Å². The molecular weight excluding hydrogens is 429 g/mol. The van der Waals surface area contributed by atoms with Crippen LogP contribution in [0.5, 0.6) is 0 Å². The van der Waals surface area contributed by atoms with Gasteiger partial charge in [-0.1, -0.05) is 42.0 Å². The first-order chi connectivity index (χ1) is 15.3. The van der Waals surface area contributed by atoms with Gasteiger partial charge in [0.1, 0.15) is 5.82 Å². The summed E-state index contributed by atoms with van der Waals surface area (Å²) in [5, 5.41) is 13.3. The molecule has 4 aromatic rings.